The number of amides is 2. The minimum atomic E-state index is -0.532. The minimum absolute atomic E-state index is 0.0595. The van der Waals surface area contributed by atoms with E-state index in [1.807, 2.05) is 18.2 Å². The number of anilines is 1. The quantitative estimate of drug-likeness (QED) is 0.793. The summed E-state index contributed by atoms with van der Waals surface area (Å²) >= 11 is 0. The Morgan fingerprint density at radius 3 is 2.43 bits per heavy atom. The van der Waals surface area contributed by atoms with Crippen LogP contribution in [0.4, 0.5) is 5.69 Å². The summed E-state index contributed by atoms with van der Waals surface area (Å²) in [7, 11) is 0. The first kappa shape index (κ1) is 20.2. The molecule has 2 saturated heterocycles. The Hall–Kier alpha value is -3.04. The Balaban J connectivity index is 1.34. The van der Waals surface area contributed by atoms with E-state index in [2.05, 4.69) is 10.4 Å². The van der Waals surface area contributed by atoms with Crippen molar-refractivity contribution in [3.05, 3.63) is 58.5 Å². The number of aryl methyl sites for hydroxylation is 1. The number of aromatic nitrogens is 2. The van der Waals surface area contributed by atoms with Crippen molar-refractivity contribution >= 4 is 17.5 Å². The molecule has 2 aliphatic rings. The smallest absolute Gasteiger partial charge is 0.276 e. The Kier molecular flexibility index (Phi) is 5.91. The lowest BCUT2D eigenvalue weighted by molar-refractivity contribution is -0.187. The van der Waals surface area contributed by atoms with Gasteiger partial charge in [-0.15, -0.1) is 0 Å². The maximum absolute atomic E-state index is 12.6. The summed E-state index contributed by atoms with van der Waals surface area (Å²) in [5, 5.41) is 6.85. The molecule has 1 aromatic heterocycles. The van der Waals surface area contributed by atoms with Crippen molar-refractivity contribution in [3.8, 4) is 0 Å². The van der Waals surface area contributed by atoms with Gasteiger partial charge in [-0.25, -0.2) is 4.68 Å². The molecular weight excluding hydrogens is 388 g/mol. The molecule has 0 aliphatic carbocycles. The van der Waals surface area contributed by atoms with Crippen LogP contribution in [0.3, 0.4) is 0 Å². The third kappa shape index (κ3) is 4.58. The van der Waals surface area contributed by atoms with Crippen LogP contribution in [0, 0.1) is 0 Å². The van der Waals surface area contributed by atoms with Crippen LogP contribution in [0.5, 0.6) is 0 Å². The van der Waals surface area contributed by atoms with E-state index in [0.29, 0.717) is 44.8 Å². The van der Waals surface area contributed by atoms with Crippen LogP contribution in [0.2, 0.25) is 0 Å². The van der Waals surface area contributed by atoms with Crippen molar-refractivity contribution in [3.63, 3.8) is 0 Å². The highest BCUT2D eigenvalue weighted by atomic mass is 16.7. The summed E-state index contributed by atoms with van der Waals surface area (Å²) in [5.74, 6) is -1.01. The maximum atomic E-state index is 12.6. The Morgan fingerprint density at radius 1 is 1.03 bits per heavy atom. The number of nitrogens with zero attached hydrogens (tertiary/aromatic N) is 3. The second kappa shape index (κ2) is 8.76. The number of benzene rings is 1. The van der Waals surface area contributed by atoms with Gasteiger partial charge >= 0.3 is 0 Å². The van der Waals surface area contributed by atoms with Gasteiger partial charge in [0.25, 0.3) is 11.5 Å². The Morgan fingerprint density at radius 2 is 1.73 bits per heavy atom. The number of nitrogens with one attached hydrogen (secondary N) is 1. The number of hydrogen-bond acceptors (Lipinski definition) is 6. The van der Waals surface area contributed by atoms with E-state index in [0.717, 1.165) is 4.68 Å². The van der Waals surface area contributed by atoms with Gasteiger partial charge < -0.3 is 19.7 Å². The fourth-order valence-corrected chi connectivity index (χ4v) is 3.69. The SMILES string of the molecule is O=C(Nc1ccccc1)c1ccc(=O)n(CCC(=O)N2CCC3(CC2)OCCO3)n1. The first-order valence-corrected chi connectivity index (χ1v) is 10.0. The van der Waals surface area contributed by atoms with Gasteiger partial charge in [0.05, 0.1) is 19.8 Å². The number of piperidine rings is 1. The molecule has 158 valence electrons. The van der Waals surface area contributed by atoms with Crippen LogP contribution in [-0.2, 0) is 20.8 Å². The van der Waals surface area contributed by atoms with Crippen molar-refractivity contribution in [1.29, 1.82) is 0 Å². The predicted molar refractivity (Wildman–Crippen MR) is 108 cm³/mol. The number of rotatable bonds is 5. The lowest BCUT2D eigenvalue weighted by atomic mass is 10.0. The van der Waals surface area contributed by atoms with E-state index in [1.165, 1.54) is 12.1 Å². The maximum Gasteiger partial charge on any atom is 0.276 e. The molecule has 2 aromatic rings. The van der Waals surface area contributed by atoms with Crippen molar-refractivity contribution in [2.24, 2.45) is 0 Å². The van der Waals surface area contributed by atoms with Crippen molar-refractivity contribution in [2.75, 3.05) is 31.6 Å². The molecular formula is C21H24N4O5. The molecule has 30 heavy (non-hydrogen) atoms. The number of carbonyl (C=O) groups excluding carboxylic acids is 2. The summed E-state index contributed by atoms with van der Waals surface area (Å²) in [6.07, 6.45) is 1.42. The summed E-state index contributed by atoms with van der Waals surface area (Å²) in [5.41, 5.74) is 0.390. The fraction of sp³-hybridized carbons (Fsp3) is 0.429. The molecule has 1 spiro atoms. The molecule has 9 heteroatoms. The molecule has 2 aliphatic heterocycles. The van der Waals surface area contributed by atoms with E-state index >= 15 is 0 Å². The van der Waals surface area contributed by atoms with Crippen LogP contribution < -0.4 is 10.9 Å². The number of likely N-dealkylation sites (tertiary alicyclic amines) is 1. The highest BCUT2D eigenvalue weighted by Crippen LogP contribution is 2.31. The van der Waals surface area contributed by atoms with Gasteiger partial charge in [0, 0.05) is 44.1 Å². The van der Waals surface area contributed by atoms with Crippen molar-refractivity contribution < 1.29 is 19.1 Å². The van der Waals surface area contributed by atoms with Gasteiger partial charge in [0.2, 0.25) is 5.91 Å². The molecule has 0 unspecified atom stereocenters. The molecule has 0 saturated carbocycles. The summed E-state index contributed by atoms with van der Waals surface area (Å²) in [6.45, 7) is 2.41. The number of para-hydroxylation sites is 1. The molecule has 2 amide bonds. The second-order valence-corrected chi connectivity index (χ2v) is 7.34. The minimum Gasteiger partial charge on any atom is -0.347 e. The second-order valence-electron chi connectivity index (χ2n) is 7.34. The monoisotopic (exact) mass is 412 g/mol. The first-order valence-electron chi connectivity index (χ1n) is 10.0. The van der Waals surface area contributed by atoms with E-state index in [1.54, 1.807) is 17.0 Å². The van der Waals surface area contributed by atoms with Crippen LogP contribution in [0.15, 0.2) is 47.3 Å². The largest absolute Gasteiger partial charge is 0.347 e. The fourth-order valence-electron chi connectivity index (χ4n) is 3.69. The third-order valence-corrected chi connectivity index (χ3v) is 5.36. The van der Waals surface area contributed by atoms with Crippen molar-refractivity contribution in [1.82, 2.24) is 14.7 Å². The van der Waals surface area contributed by atoms with Gasteiger partial charge in [-0.3, -0.25) is 14.4 Å². The van der Waals surface area contributed by atoms with Crippen LogP contribution in [0.1, 0.15) is 29.8 Å². The van der Waals surface area contributed by atoms with Crippen LogP contribution in [-0.4, -0.2) is 58.6 Å². The predicted octanol–water partition coefficient (Wildman–Crippen LogP) is 1.25. The topological polar surface area (TPSA) is 103 Å². The van der Waals surface area contributed by atoms with E-state index in [9.17, 15) is 14.4 Å². The van der Waals surface area contributed by atoms with Gasteiger partial charge in [0.1, 0.15) is 5.69 Å². The highest BCUT2D eigenvalue weighted by Gasteiger charge is 2.40. The van der Waals surface area contributed by atoms with E-state index in [4.69, 9.17) is 9.47 Å². The standard InChI is InChI=1S/C21H24N4O5/c26-18(24-12-9-21(10-13-24)29-14-15-30-21)8-11-25-19(27)7-6-17(23-25)20(28)22-16-4-2-1-3-5-16/h1-7H,8-15H2,(H,22,28). The first-order chi connectivity index (χ1) is 14.5. The molecule has 0 bridgehead atoms. The molecule has 0 radical (unpaired) electrons. The third-order valence-electron chi connectivity index (χ3n) is 5.36. The average Bonchev–Trinajstić information content (AvgIpc) is 3.22. The average molecular weight is 412 g/mol. The number of ether oxygens (including phenoxy) is 2. The lowest BCUT2D eigenvalue weighted by Gasteiger charge is -2.37. The van der Waals surface area contributed by atoms with Gasteiger partial charge in [-0.1, -0.05) is 18.2 Å². The summed E-state index contributed by atoms with van der Waals surface area (Å²) in [6, 6.07) is 11.7. The molecule has 4 rings (SSSR count). The molecule has 1 N–H and O–H groups in total. The number of carbonyl (C=O) groups is 2. The highest BCUT2D eigenvalue weighted by molar-refractivity contribution is 6.02. The zero-order valence-electron chi connectivity index (χ0n) is 16.6. The normalized spacial score (nSPS) is 17.8. The zero-order chi connectivity index (χ0) is 21.0. The molecule has 1 aromatic carbocycles. The lowest BCUT2D eigenvalue weighted by Crippen LogP contribution is -2.47. The summed E-state index contributed by atoms with van der Waals surface area (Å²) in [4.78, 5) is 38.8. The van der Waals surface area contributed by atoms with Gasteiger partial charge in [-0.2, -0.15) is 5.10 Å². The van der Waals surface area contributed by atoms with Crippen LogP contribution in [0.25, 0.3) is 0 Å². The van der Waals surface area contributed by atoms with Crippen LogP contribution >= 0.6 is 0 Å². The van der Waals surface area contributed by atoms with Gasteiger partial charge in [0.15, 0.2) is 5.79 Å². The Labute approximate surface area is 173 Å². The summed E-state index contributed by atoms with van der Waals surface area (Å²) < 4.78 is 12.5. The van der Waals surface area contributed by atoms with E-state index in [-0.39, 0.29) is 30.1 Å². The molecule has 9 nitrogen and oxygen atoms in total. The van der Waals surface area contributed by atoms with E-state index < -0.39 is 11.7 Å². The molecule has 3 heterocycles. The zero-order valence-corrected chi connectivity index (χ0v) is 16.6. The Bertz CT molecular complexity index is 959. The van der Waals surface area contributed by atoms with Gasteiger partial charge in [-0.05, 0) is 18.2 Å². The van der Waals surface area contributed by atoms with Crippen molar-refractivity contribution in [2.45, 2.75) is 31.6 Å². The number of hydrogen-bond donors (Lipinski definition) is 1. The molecule has 0 atom stereocenters. The molecule has 2 fully saturated rings.